The molecule has 1 heterocycles. The molecular weight excluding hydrogens is 297 g/mol. The van der Waals surface area contributed by atoms with Gasteiger partial charge < -0.3 is 4.74 Å². The molecule has 19 heavy (non-hydrogen) atoms. The summed E-state index contributed by atoms with van der Waals surface area (Å²) in [5.74, 6) is -0.0433. The molecule has 0 saturated heterocycles. The van der Waals surface area contributed by atoms with Gasteiger partial charge in [0, 0.05) is 6.07 Å². The van der Waals surface area contributed by atoms with Gasteiger partial charge in [0.2, 0.25) is 0 Å². The number of hydrogen-bond donors (Lipinski definition) is 0. The quantitative estimate of drug-likeness (QED) is 0.815. The number of halogens is 4. The molecule has 0 spiro atoms. The van der Waals surface area contributed by atoms with Crippen LogP contribution in [0.25, 0.3) is 0 Å². The average molecular weight is 305 g/mol. The lowest BCUT2D eigenvalue weighted by Crippen LogP contribution is -1.98. The summed E-state index contributed by atoms with van der Waals surface area (Å²) in [7, 11) is 0. The normalized spacial score (nSPS) is 10.8. The number of ether oxygens (including phenoxy) is 1. The summed E-state index contributed by atoms with van der Waals surface area (Å²) in [6.07, 6.45) is -2.66. The predicted octanol–water partition coefficient (Wildman–Crippen LogP) is 4.82. The van der Waals surface area contributed by atoms with E-state index in [4.69, 9.17) is 27.9 Å². The van der Waals surface area contributed by atoms with Crippen molar-refractivity contribution in [2.24, 2.45) is 0 Å². The topological polar surface area (TPSA) is 35.0 Å². The molecule has 100 valence electrons. The van der Waals surface area contributed by atoms with Crippen LogP contribution in [-0.4, -0.2) is 10.2 Å². The molecule has 0 amide bonds. The van der Waals surface area contributed by atoms with Crippen molar-refractivity contribution in [3.05, 3.63) is 45.6 Å². The number of benzene rings is 1. The van der Waals surface area contributed by atoms with Crippen molar-refractivity contribution in [2.75, 3.05) is 0 Å². The van der Waals surface area contributed by atoms with Gasteiger partial charge in [0.15, 0.2) is 5.15 Å². The first-order chi connectivity index (χ1) is 8.99. The van der Waals surface area contributed by atoms with Gasteiger partial charge in [-0.2, -0.15) is 0 Å². The molecule has 2 aromatic rings. The van der Waals surface area contributed by atoms with Crippen molar-refractivity contribution < 1.29 is 13.5 Å². The number of aromatic nitrogens is 2. The Labute approximate surface area is 118 Å². The van der Waals surface area contributed by atoms with E-state index in [1.807, 2.05) is 0 Å². The zero-order valence-corrected chi connectivity index (χ0v) is 11.2. The minimum Gasteiger partial charge on any atom is -0.436 e. The fraction of sp³-hybridized carbons (Fsp3) is 0.167. The van der Waals surface area contributed by atoms with Gasteiger partial charge >= 0.3 is 0 Å². The molecule has 7 heteroatoms. The largest absolute Gasteiger partial charge is 0.436 e. The van der Waals surface area contributed by atoms with Crippen molar-refractivity contribution in [3.8, 4) is 11.6 Å². The molecule has 2 rings (SSSR count). The third kappa shape index (κ3) is 3.11. The molecule has 0 N–H and O–H groups in total. The first-order valence-electron chi connectivity index (χ1n) is 5.23. The summed E-state index contributed by atoms with van der Waals surface area (Å²) in [4.78, 5) is 0. The summed E-state index contributed by atoms with van der Waals surface area (Å²) in [6.45, 7) is 1.65. The van der Waals surface area contributed by atoms with Gasteiger partial charge in [-0.05, 0) is 18.6 Å². The number of nitrogens with zero attached hydrogens (tertiary/aromatic N) is 2. The number of rotatable bonds is 3. The van der Waals surface area contributed by atoms with Crippen LogP contribution in [0.5, 0.6) is 11.6 Å². The third-order valence-corrected chi connectivity index (χ3v) is 2.82. The second-order valence-corrected chi connectivity index (χ2v) is 4.51. The van der Waals surface area contributed by atoms with E-state index in [9.17, 15) is 8.78 Å². The summed E-state index contributed by atoms with van der Waals surface area (Å²) in [5.41, 5.74) is 0.318. The molecule has 0 fully saturated rings. The second kappa shape index (κ2) is 5.67. The first kappa shape index (κ1) is 14.0. The highest BCUT2D eigenvalue weighted by Gasteiger charge is 2.18. The number of aryl methyl sites for hydroxylation is 1. The fourth-order valence-electron chi connectivity index (χ4n) is 1.49. The third-order valence-electron chi connectivity index (χ3n) is 2.36. The van der Waals surface area contributed by atoms with Gasteiger partial charge in [-0.3, -0.25) is 0 Å². The van der Waals surface area contributed by atoms with Crippen LogP contribution in [0.4, 0.5) is 8.78 Å². The summed E-state index contributed by atoms with van der Waals surface area (Å²) >= 11 is 11.5. The van der Waals surface area contributed by atoms with Crippen molar-refractivity contribution in [1.82, 2.24) is 10.2 Å². The van der Waals surface area contributed by atoms with E-state index >= 15 is 0 Å². The van der Waals surface area contributed by atoms with E-state index in [0.29, 0.717) is 5.56 Å². The average Bonchev–Trinajstić information content (AvgIpc) is 2.34. The molecule has 0 saturated carbocycles. The summed E-state index contributed by atoms with van der Waals surface area (Å²) in [5, 5.41) is 7.39. The molecule has 0 radical (unpaired) electrons. The molecule has 0 aliphatic carbocycles. The highest BCUT2D eigenvalue weighted by Crippen LogP contribution is 2.36. The number of para-hydroxylation sites is 1. The highest BCUT2D eigenvalue weighted by atomic mass is 35.5. The molecular formula is C12H8Cl2F2N2O. The van der Waals surface area contributed by atoms with Crippen molar-refractivity contribution in [2.45, 2.75) is 13.3 Å². The number of hydrogen-bond acceptors (Lipinski definition) is 3. The van der Waals surface area contributed by atoms with E-state index in [2.05, 4.69) is 10.2 Å². The van der Waals surface area contributed by atoms with Gasteiger partial charge in [0.05, 0.1) is 5.56 Å². The first-order valence-corrected chi connectivity index (χ1v) is 5.99. The lowest BCUT2D eigenvalue weighted by molar-refractivity contribution is 0.147. The van der Waals surface area contributed by atoms with Crippen LogP contribution in [-0.2, 0) is 0 Å². The minimum absolute atomic E-state index is 0.0241. The summed E-state index contributed by atoms with van der Waals surface area (Å²) < 4.78 is 31.2. The maximum Gasteiger partial charge on any atom is 0.267 e. The van der Waals surface area contributed by atoms with E-state index in [0.717, 1.165) is 0 Å². The van der Waals surface area contributed by atoms with Crippen LogP contribution in [0.3, 0.4) is 0 Å². The Morgan fingerprint density at radius 1 is 1.21 bits per heavy atom. The van der Waals surface area contributed by atoms with E-state index < -0.39 is 6.43 Å². The molecule has 0 aliphatic rings. The van der Waals surface area contributed by atoms with Crippen LogP contribution in [0, 0.1) is 6.92 Å². The van der Waals surface area contributed by atoms with Crippen molar-refractivity contribution in [3.63, 3.8) is 0 Å². The van der Waals surface area contributed by atoms with Gasteiger partial charge in [0.1, 0.15) is 10.8 Å². The lowest BCUT2D eigenvalue weighted by Gasteiger charge is -2.12. The van der Waals surface area contributed by atoms with Gasteiger partial charge in [-0.25, -0.2) is 8.78 Å². The lowest BCUT2D eigenvalue weighted by atomic mass is 10.1. The minimum atomic E-state index is -2.66. The van der Waals surface area contributed by atoms with Crippen molar-refractivity contribution in [1.29, 1.82) is 0 Å². The molecule has 0 atom stereocenters. The zero-order chi connectivity index (χ0) is 14.0. The van der Waals surface area contributed by atoms with E-state index in [1.165, 1.54) is 18.2 Å². The molecule has 3 nitrogen and oxygen atoms in total. The van der Waals surface area contributed by atoms with Crippen LogP contribution in [0.15, 0.2) is 24.3 Å². The SMILES string of the molecule is Cc1cccc(C(F)F)c1Oc1nnc(Cl)cc1Cl. The molecule has 0 aliphatic heterocycles. The van der Waals surface area contributed by atoms with Crippen LogP contribution in [0.1, 0.15) is 17.6 Å². The molecule has 0 unspecified atom stereocenters. The monoisotopic (exact) mass is 304 g/mol. The van der Waals surface area contributed by atoms with Gasteiger partial charge in [0.25, 0.3) is 12.3 Å². The van der Waals surface area contributed by atoms with Crippen LogP contribution in [0.2, 0.25) is 10.2 Å². The Morgan fingerprint density at radius 2 is 1.95 bits per heavy atom. The Morgan fingerprint density at radius 3 is 2.58 bits per heavy atom. The van der Waals surface area contributed by atoms with E-state index in [-0.39, 0.29) is 27.4 Å². The molecule has 1 aromatic carbocycles. The standard InChI is InChI=1S/C12H8Cl2F2N2O/c1-6-3-2-4-7(11(15)16)10(6)19-12-8(13)5-9(14)17-18-12/h2-5,11H,1H3. The Balaban J connectivity index is 2.43. The molecule has 1 aromatic heterocycles. The number of alkyl halides is 2. The smallest absolute Gasteiger partial charge is 0.267 e. The maximum atomic E-state index is 12.9. The Hall–Kier alpha value is -1.46. The van der Waals surface area contributed by atoms with Gasteiger partial charge in [-0.1, -0.05) is 35.3 Å². The van der Waals surface area contributed by atoms with E-state index in [1.54, 1.807) is 13.0 Å². The Bertz CT molecular complexity index is 608. The second-order valence-electron chi connectivity index (χ2n) is 3.72. The summed E-state index contributed by atoms with van der Waals surface area (Å²) in [6, 6.07) is 5.79. The van der Waals surface area contributed by atoms with Crippen LogP contribution >= 0.6 is 23.2 Å². The molecule has 0 bridgehead atoms. The van der Waals surface area contributed by atoms with Crippen LogP contribution < -0.4 is 4.74 Å². The Kier molecular flexibility index (Phi) is 4.17. The van der Waals surface area contributed by atoms with Gasteiger partial charge in [-0.15, -0.1) is 10.2 Å². The maximum absolute atomic E-state index is 12.9. The highest BCUT2D eigenvalue weighted by molar-refractivity contribution is 6.34. The fourth-order valence-corrected chi connectivity index (χ4v) is 1.87. The predicted molar refractivity (Wildman–Crippen MR) is 68.3 cm³/mol. The van der Waals surface area contributed by atoms with Crippen molar-refractivity contribution >= 4 is 23.2 Å². The zero-order valence-electron chi connectivity index (χ0n) is 9.70.